The third-order valence-electron chi connectivity index (χ3n) is 5.93. The molecule has 0 spiro atoms. The summed E-state index contributed by atoms with van der Waals surface area (Å²) in [7, 11) is -15.3. The van der Waals surface area contributed by atoms with Crippen LogP contribution in [0.4, 0.5) is 23.3 Å². The average Bonchev–Trinajstić information content (AvgIpc) is 2.93. The van der Waals surface area contributed by atoms with Crippen molar-refractivity contribution in [2.75, 3.05) is 10.6 Å². The smallest absolute Gasteiger partial charge is 0.744 e. The van der Waals surface area contributed by atoms with Crippen LogP contribution in [0.15, 0.2) is 85.0 Å². The number of fused-ring (bicyclic) bond motifs is 2. The van der Waals surface area contributed by atoms with Crippen molar-refractivity contribution in [3.05, 3.63) is 71.1 Å². The molecule has 5 rings (SSSR count). The van der Waals surface area contributed by atoms with E-state index in [1.165, 1.54) is 42.5 Å². The van der Waals surface area contributed by atoms with Gasteiger partial charge in [0.25, 0.3) is 0 Å². The summed E-state index contributed by atoms with van der Waals surface area (Å²) in [6, 6.07) is 11.4. The van der Waals surface area contributed by atoms with Gasteiger partial charge in [-0.2, -0.15) is 14.3 Å². The number of aromatic amines is 1. The SMILES string of the molecule is O=c1nc(Nc2ccc3c(S(=O)(=O)[O-])cc(SOO[O-])cc3c2)nc(Nc2ccc3c(S(=O)(=O)[O-])cc(S(=O)(=O)[O-])cc3c2)[nH]1.[Li+].[Li+].[Li+].[Li+]. The van der Waals surface area contributed by atoms with E-state index in [4.69, 9.17) is 0 Å². The molecule has 0 saturated heterocycles. The Hall–Kier alpha value is -1.84. The van der Waals surface area contributed by atoms with Crippen LogP contribution in [-0.2, 0) is 39.7 Å². The molecular weight excluding hydrogens is 710 g/mol. The summed E-state index contributed by atoms with van der Waals surface area (Å²) in [6.07, 6.45) is 0. The molecule has 0 atom stereocenters. The van der Waals surface area contributed by atoms with Gasteiger partial charge in [-0.05, 0) is 70.1 Å². The predicted octanol–water partition coefficient (Wildman–Crippen LogP) is -11.1. The Morgan fingerprint density at radius 3 is 1.73 bits per heavy atom. The van der Waals surface area contributed by atoms with Gasteiger partial charge in [-0.15, -0.1) is 0 Å². The van der Waals surface area contributed by atoms with Crippen molar-refractivity contribution in [3.8, 4) is 0 Å². The number of nitrogens with zero attached hydrogens (tertiary/aromatic N) is 2. The van der Waals surface area contributed by atoms with Crippen molar-refractivity contribution in [2.24, 2.45) is 0 Å². The zero-order valence-corrected chi connectivity index (χ0v) is 28.9. The summed E-state index contributed by atoms with van der Waals surface area (Å²) in [5.41, 5.74) is -0.562. The van der Waals surface area contributed by atoms with Crippen LogP contribution in [0.2, 0.25) is 0 Å². The Morgan fingerprint density at radius 1 is 0.673 bits per heavy atom. The fraction of sp³-hybridized carbons (Fsp3) is 0. The molecule has 3 N–H and O–H groups in total. The molecule has 0 aliphatic carbocycles. The first kappa shape index (κ1) is 45.2. The molecule has 18 nitrogen and oxygen atoms in total. The van der Waals surface area contributed by atoms with Gasteiger partial charge in [0.2, 0.25) is 11.9 Å². The standard InChI is InChI=1S/C23H17N5O13S4.4Li/c29-23-27-21(24-13-1-3-17-11(5-13)7-15(42-41-40-30)9-19(17)44(34,35)36)26-22(28-23)25-14-2-4-18-12(6-14)8-16(43(31,32)33)10-20(18)45(37,38)39;;;;/h1-10,30H,(H,31,32,33)(H,34,35,36)(H,37,38,39)(H3,24,25,26,27,28,29);;;;/q;4*+1/p-4. The van der Waals surface area contributed by atoms with Crippen LogP contribution < -0.4 is 97.0 Å². The molecule has 0 radical (unpaired) electrons. The van der Waals surface area contributed by atoms with Crippen molar-refractivity contribution in [3.63, 3.8) is 0 Å². The molecule has 5 aromatic rings. The summed E-state index contributed by atoms with van der Waals surface area (Å²) in [4.78, 5) is 20.0. The Morgan fingerprint density at radius 2 is 1.20 bits per heavy atom. The minimum atomic E-state index is -5.18. The van der Waals surface area contributed by atoms with Crippen molar-refractivity contribution in [1.82, 2.24) is 15.0 Å². The molecule has 49 heavy (non-hydrogen) atoms. The Labute approximate surface area is 329 Å². The van der Waals surface area contributed by atoms with Crippen LogP contribution in [0, 0.1) is 0 Å². The number of aromatic nitrogens is 3. The van der Waals surface area contributed by atoms with Gasteiger partial charge in [0.1, 0.15) is 30.4 Å². The number of benzene rings is 4. The molecule has 0 bridgehead atoms. The van der Waals surface area contributed by atoms with Gasteiger partial charge in [-0.25, -0.2) is 30.0 Å². The maximum absolute atomic E-state index is 12.3. The second-order valence-corrected chi connectivity index (χ2v) is 13.7. The molecule has 236 valence electrons. The van der Waals surface area contributed by atoms with E-state index >= 15 is 0 Å². The zero-order chi connectivity index (χ0) is 32.7. The van der Waals surface area contributed by atoms with Crippen molar-refractivity contribution >= 4 is 87.2 Å². The number of hydrogen-bond donors (Lipinski definition) is 3. The Balaban J connectivity index is 0.00000300. The van der Waals surface area contributed by atoms with Crippen LogP contribution >= 0.6 is 12.0 Å². The number of nitrogens with one attached hydrogen (secondary N) is 3. The van der Waals surface area contributed by atoms with Gasteiger partial charge < -0.3 is 29.5 Å². The van der Waals surface area contributed by atoms with Crippen LogP contribution in [0.3, 0.4) is 0 Å². The molecule has 0 fully saturated rings. The molecule has 1 aromatic heterocycles. The fourth-order valence-corrected chi connectivity index (χ4v) is 6.78. The van der Waals surface area contributed by atoms with Crippen molar-refractivity contribution in [2.45, 2.75) is 19.6 Å². The summed E-state index contributed by atoms with van der Waals surface area (Å²) in [6.45, 7) is 0. The van der Waals surface area contributed by atoms with Gasteiger partial charge in [-0.1, -0.05) is 12.1 Å². The minimum Gasteiger partial charge on any atom is -0.744 e. The van der Waals surface area contributed by atoms with Crippen LogP contribution in [0.25, 0.3) is 21.5 Å². The molecule has 1 heterocycles. The zero-order valence-electron chi connectivity index (χ0n) is 25.6. The van der Waals surface area contributed by atoms with Crippen LogP contribution in [-0.4, -0.2) is 53.9 Å². The molecular formula is C23H13Li4N5O13S4. The molecule has 0 unspecified atom stereocenters. The number of hydrogen-bond acceptors (Lipinski definition) is 18. The van der Waals surface area contributed by atoms with Gasteiger partial charge in [0.15, 0.2) is 0 Å². The topological polar surface area (TPSA) is 296 Å². The van der Waals surface area contributed by atoms with Crippen molar-refractivity contribution < 1.29 is 129 Å². The van der Waals surface area contributed by atoms with Crippen LogP contribution in [0.5, 0.6) is 0 Å². The second kappa shape index (κ2) is 17.6. The van der Waals surface area contributed by atoms with E-state index in [-0.39, 0.29) is 125 Å². The van der Waals surface area contributed by atoms with E-state index in [1.807, 2.05) is 0 Å². The molecule has 26 heteroatoms. The normalized spacial score (nSPS) is 11.4. The van der Waals surface area contributed by atoms with E-state index in [9.17, 15) is 49.0 Å². The third-order valence-corrected chi connectivity index (χ3v) is 9.05. The largest absolute Gasteiger partial charge is 1.00 e. The first-order valence-corrected chi connectivity index (χ1v) is 16.7. The second-order valence-electron chi connectivity index (χ2n) is 8.87. The average molecular weight is 723 g/mol. The Bertz CT molecular complexity index is 2400. The molecule has 0 amide bonds. The van der Waals surface area contributed by atoms with Crippen molar-refractivity contribution in [1.29, 1.82) is 0 Å². The van der Waals surface area contributed by atoms with E-state index in [0.717, 1.165) is 12.1 Å². The van der Waals surface area contributed by atoms with Gasteiger partial charge >= 0.3 is 81.1 Å². The fourth-order valence-electron chi connectivity index (χ4n) is 4.20. The van der Waals surface area contributed by atoms with E-state index < -0.39 is 50.7 Å². The summed E-state index contributed by atoms with van der Waals surface area (Å²) in [5, 5.41) is 18.8. The first-order chi connectivity index (χ1) is 21.0. The number of rotatable bonds is 10. The summed E-state index contributed by atoms with van der Waals surface area (Å²) in [5.74, 6) is -0.485. The van der Waals surface area contributed by atoms with Crippen LogP contribution in [0.1, 0.15) is 0 Å². The summed E-state index contributed by atoms with van der Waals surface area (Å²) >= 11 is 0.357. The monoisotopic (exact) mass is 723 g/mol. The van der Waals surface area contributed by atoms with E-state index in [1.54, 1.807) is 0 Å². The number of anilines is 4. The van der Waals surface area contributed by atoms with Gasteiger partial charge in [-0.3, -0.25) is 10.0 Å². The molecule has 0 aliphatic rings. The van der Waals surface area contributed by atoms with Gasteiger partial charge in [0.05, 0.1) is 26.7 Å². The minimum absolute atomic E-state index is 0. The van der Waals surface area contributed by atoms with E-state index in [0.29, 0.717) is 18.1 Å². The first-order valence-electron chi connectivity index (χ1n) is 11.7. The third kappa shape index (κ3) is 11.1. The molecule has 4 aromatic carbocycles. The maximum Gasteiger partial charge on any atom is 1.00 e. The van der Waals surface area contributed by atoms with E-state index in [2.05, 4.69) is 35.0 Å². The Kier molecular flexibility index (Phi) is 16.2. The summed E-state index contributed by atoms with van der Waals surface area (Å²) < 4.78 is 109. The molecule has 0 saturated carbocycles. The number of H-pyrrole nitrogens is 1. The quantitative estimate of drug-likeness (QED) is 0.0396. The molecule has 0 aliphatic heterocycles. The van der Waals surface area contributed by atoms with Gasteiger partial charge in [0, 0.05) is 16.3 Å². The maximum atomic E-state index is 12.3. The predicted molar refractivity (Wildman–Crippen MR) is 149 cm³/mol.